The maximum absolute atomic E-state index is 11.3. The minimum atomic E-state index is -1.19. The van der Waals surface area contributed by atoms with Crippen LogP contribution in [0.4, 0.5) is 11.5 Å². The van der Waals surface area contributed by atoms with E-state index in [1.165, 1.54) is 6.07 Å². The fraction of sp³-hybridized carbons (Fsp3) is 0. The van der Waals surface area contributed by atoms with Crippen molar-refractivity contribution in [3.05, 3.63) is 54.2 Å². The standard InChI is InChI=1S/C15H11N3O3/c19-12-8-4-3-7-11(12)18-14-13(15(20)21)16-9-5-1-2-6-10(9)17-14/h1-8,19H,(H,17,18)(H,20,21). The van der Waals surface area contributed by atoms with Gasteiger partial charge >= 0.3 is 5.97 Å². The van der Waals surface area contributed by atoms with Crippen LogP contribution in [0.5, 0.6) is 5.75 Å². The number of phenolic OH excluding ortho intramolecular Hbond substituents is 1. The van der Waals surface area contributed by atoms with E-state index in [2.05, 4.69) is 15.3 Å². The van der Waals surface area contributed by atoms with Gasteiger partial charge in [0.05, 0.1) is 16.7 Å². The number of fused-ring (bicyclic) bond motifs is 1. The van der Waals surface area contributed by atoms with E-state index in [1.54, 1.807) is 42.5 Å². The Balaban J connectivity index is 2.14. The molecule has 0 fully saturated rings. The molecule has 6 nitrogen and oxygen atoms in total. The van der Waals surface area contributed by atoms with Gasteiger partial charge in [0.1, 0.15) is 5.75 Å². The maximum atomic E-state index is 11.3. The van der Waals surface area contributed by atoms with Crippen LogP contribution in [0.15, 0.2) is 48.5 Å². The molecule has 104 valence electrons. The molecule has 1 aromatic heterocycles. The molecule has 0 radical (unpaired) electrons. The molecule has 3 N–H and O–H groups in total. The number of carboxylic acid groups (broad SMARTS) is 1. The van der Waals surface area contributed by atoms with Gasteiger partial charge in [-0.15, -0.1) is 0 Å². The van der Waals surface area contributed by atoms with E-state index in [0.717, 1.165) is 0 Å². The van der Waals surface area contributed by atoms with Gasteiger partial charge in [0.2, 0.25) is 0 Å². The highest BCUT2D eigenvalue weighted by Gasteiger charge is 2.16. The predicted octanol–water partition coefficient (Wildman–Crippen LogP) is 2.78. The SMILES string of the molecule is O=C(O)c1nc2ccccc2nc1Nc1ccccc1O. The average Bonchev–Trinajstić information content (AvgIpc) is 2.48. The molecule has 3 aromatic rings. The number of aromatic nitrogens is 2. The van der Waals surface area contributed by atoms with Gasteiger partial charge in [0.15, 0.2) is 11.5 Å². The van der Waals surface area contributed by atoms with Crippen LogP contribution in [-0.4, -0.2) is 26.2 Å². The largest absolute Gasteiger partial charge is 0.506 e. The molecule has 0 aliphatic carbocycles. The van der Waals surface area contributed by atoms with Gasteiger partial charge < -0.3 is 15.5 Å². The Morgan fingerprint density at radius 3 is 2.24 bits per heavy atom. The minimum absolute atomic E-state index is 0.00352. The number of carbonyl (C=O) groups is 1. The Labute approximate surface area is 119 Å². The van der Waals surface area contributed by atoms with Crippen molar-refractivity contribution in [2.24, 2.45) is 0 Å². The number of aromatic hydroxyl groups is 1. The second kappa shape index (κ2) is 5.09. The Morgan fingerprint density at radius 2 is 1.57 bits per heavy atom. The first kappa shape index (κ1) is 12.9. The molecule has 2 aromatic carbocycles. The molecule has 0 saturated heterocycles. The third-order valence-corrected chi connectivity index (χ3v) is 2.93. The molecule has 0 unspecified atom stereocenters. The van der Waals surface area contributed by atoms with E-state index in [-0.39, 0.29) is 17.3 Å². The highest BCUT2D eigenvalue weighted by Crippen LogP contribution is 2.27. The smallest absolute Gasteiger partial charge is 0.358 e. The van der Waals surface area contributed by atoms with E-state index < -0.39 is 5.97 Å². The van der Waals surface area contributed by atoms with Gasteiger partial charge in [-0.25, -0.2) is 14.8 Å². The molecule has 0 amide bonds. The van der Waals surface area contributed by atoms with Gasteiger partial charge in [-0.3, -0.25) is 0 Å². The molecule has 0 spiro atoms. The number of para-hydroxylation sites is 4. The predicted molar refractivity (Wildman–Crippen MR) is 77.9 cm³/mol. The van der Waals surface area contributed by atoms with Crippen molar-refractivity contribution in [1.29, 1.82) is 0 Å². The van der Waals surface area contributed by atoms with Gasteiger partial charge in [-0.1, -0.05) is 24.3 Å². The van der Waals surface area contributed by atoms with Crippen molar-refractivity contribution in [3.8, 4) is 5.75 Å². The molecule has 1 heterocycles. The normalized spacial score (nSPS) is 10.5. The third kappa shape index (κ3) is 2.46. The summed E-state index contributed by atoms with van der Waals surface area (Å²) >= 11 is 0. The number of rotatable bonds is 3. The summed E-state index contributed by atoms with van der Waals surface area (Å²) < 4.78 is 0. The quantitative estimate of drug-likeness (QED) is 0.639. The highest BCUT2D eigenvalue weighted by molar-refractivity contribution is 5.95. The van der Waals surface area contributed by atoms with Gasteiger partial charge in [0, 0.05) is 0 Å². The number of hydrogen-bond donors (Lipinski definition) is 3. The molecule has 0 atom stereocenters. The van der Waals surface area contributed by atoms with Crippen molar-refractivity contribution >= 4 is 28.5 Å². The minimum Gasteiger partial charge on any atom is -0.506 e. The Kier molecular flexibility index (Phi) is 3.12. The summed E-state index contributed by atoms with van der Waals surface area (Å²) in [6.07, 6.45) is 0. The molecule has 6 heteroatoms. The summed E-state index contributed by atoms with van der Waals surface area (Å²) in [6, 6.07) is 13.5. The molecule has 0 saturated carbocycles. The number of nitrogens with one attached hydrogen (secondary N) is 1. The van der Waals surface area contributed by atoms with Gasteiger partial charge in [0.25, 0.3) is 0 Å². The number of anilines is 2. The number of hydrogen-bond acceptors (Lipinski definition) is 5. The monoisotopic (exact) mass is 281 g/mol. The lowest BCUT2D eigenvalue weighted by Gasteiger charge is -2.10. The molecule has 0 aliphatic rings. The van der Waals surface area contributed by atoms with E-state index in [1.807, 2.05) is 0 Å². The second-order valence-electron chi connectivity index (χ2n) is 4.36. The Morgan fingerprint density at radius 1 is 0.952 bits per heavy atom. The summed E-state index contributed by atoms with van der Waals surface area (Å²) in [5.74, 6) is -1.10. The number of nitrogens with zero attached hydrogens (tertiary/aromatic N) is 2. The van der Waals surface area contributed by atoms with Crippen LogP contribution in [-0.2, 0) is 0 Å². The van der Waals surface area contributed by atoms with E-state index in [0.29, 0.717) is 16.7 Å². The number of phenols is 1. The van der Waals surface area contributed by atoms with E-state index >= 15 is 0 Å². The topological polar surface area (TPSA) is 95.3 Å². The number of aromatic carboxylic acids is 1. The van der Waals surface area contributed by atoms with Crippen molar-refractivity contribution in [1.82, 2.24) is 9.97 Å². The zero-order chi connectivity index (χ0) is 14.8. The first-order valence-corrected chi connectivity index (χ1v) is 6.20. The van der Waals surface area contributed by atoms with Crippen LogP contribution < -0.4 is 5.32 Å². The summed E-state index contributed by atoms with van der Waals surface area (Å²) in [5.41, 5.74) is 1.24. The first-order chi connectivity index (χ1) is 10.1. The van der Waals surface area contributed by atoms with Crippen LogP contribution >= 0.6 is 0 Å². The van der Waals surface area contributed by atoms with Crippen molar-refractivity contribution in [2.45, 2.75) is 0 Å². The van der Waals surface area contributed by atoms with Crippen LogP contribution in [0.1, 0.15) is 10.5 Å². The highest BCUT2D eigenvalue weighted by atomic mass is 16.4. The van der Waals surface area contributed by atoms with Crippen molar-refractivity contribution in [3.63, 3.8) is 0 Å². The van der Waals surface area contributed by atoms with Crippen molar-refractivity contribution < 1.29 is 15.0 Å². The van der Waals surface area contributed by atoms with E-state index in [4.69, 9.17) is 0 Å². The fourth-order valence-corrected chi connectivity index (χ4v) is 1.94. The second-order valence-corrected chi connectivity index (χ2v) is 4.36. The van der Waals surface area contributed by atoms with Gasteiger partial charge in [-0.05, 0) is 24.3 Å². The fourth-order valence-electron chi connectivity index (χ4n) is 1.94. The number of benzene rings is 2. The zero-order valence-electron chi connectivity index (χ0n) is 10.8. The lowest BCUT2D eigenvalue weighted by Crippen LogP contribution is -2.08. The van der Waals surface area contributed by atoms with E-state index in [9.17, 15) is 15.0 Å². The molecule has 21 heavy (non-hydrogen) atoms. The zero-order valence-corrected chi connectivity index (χ0v) is 10.8. The van der Waals surface area contributed by atoms with Gasteiger partial charge in [-0.2, -0.15) is 0 Å². The van der Waals surface area contributed by atoms with Crippen LogP contribution in [0.2, 0.25) is 0 Å². The molecule has 0 bridgehead atoms. The first-order valence-electron chi connectivity index (χ1n) is 6.20. The van der Waals surface area contributed by atoms with Crippen molar-refractivity contribution in [2.75, 3.05) is 5.32 Å². The average molecular weight is 281 g/mol. The lowest BCUT2D eigenvalue weighted by molar-refractivity contribution is 0.0692. The number of carboxylic acids is 1. The maximum Gasteiger partial charge on any atom is 0.358 e. The molecular formula is C15H11N3O3. The summed E-state index contributed by atoms with van der Waals surface area (Å²) in [4.78, 5) is 19.7. The van der Waals surface area contributed by atoms with Crippen LogP contribution in [0.3, 0.4) is 0 Å². The Hall–Kier alpha value is -3.15. The molecule has 3 rings (SSSR count). The molecule has 0 aliphatic heterocycles. The summed E-state index contributed by atoms with van der Waals surface area (Å²) in [5, 5.41) is 21.8. The summed E-state index contributed by atoms with van der Waals surface area (Å²) in [6.45, 7) is 0. The Bertz CT molecular complexity index is 833. The summed E-state index contributed by atoms with van der Waals surface area (Å²) in [7, 11) is 0. The lowest BCUT2D eigenvalue weighted by atomic mass is 10.2. The van der Waals surface area contributed by atoms with Crippen LogP contribution in [0.25, 0.3) is 11.0 Å². The molecular weight excluding hydrogens is 270 g/mol. The van der Waals surface area contributed by atoms with Crippen LogP contribution in [0, 0.1) is 0 Å². The third-order valence-electron chi connectivity index (χ3n) is 2.93.